The molecule has 23 heavy (non-hydrogen) atoms. The van der Waals surface area contributed by atoms with Crippen molar-refractivity contribution in [2.75, 3.05) is 19.6 Å². The van der Waals surface area contributed by atoms with Crippen LogP contribution in [0.15, 0.2) is 46.9 Å². The molecule has 0 unspecified atom stereocenters. The molecule has 0 spiro atoms. The van der Waals surface area contributed by atoms with E-state index in [9.17, 15) is 0 Å². The molecule has 3 rings (SSSR count). The summed E-state index contributed by atoms with van der Waals surface area (Å²) in [5.74, 6) is 7.19. The predicted octanol–water partition coefficient (Wildman–Crippen LogP) is 3.81. The third kappa shape index (κ3) is 4.83. The molecule has 1 heterocycles. The van der Waals surface area contributed by atoms with Gasteiger partial charge in [-0.1, -0.05) is 35.6 Å². The van der Waals surface area contributed by atoms with Crippen LogP contribution in [0.25, 0.3) is 0 Å². The highest BCUT2D eigenvalue weighted by atomic mass is 79.9. The lowest BCUT2D eigenvalue weighted by molar-refractivity contribution is 0.331. The SMILES string of the molecule is Clc1ccc(C#Cc2cccc(CNCC3CNC3)c2)c(Br)c1. The molecule has 0 aliphatic carbocycles. The summed E-state index contributed by atoms with van der Waals surface area (Å²) in [7, 11) is 0. The zero-order valence-corrected chi connectivity index (χ0v) is 15.0. The first-order valence-corrected chi connectivity index (χ1v) is 8.85. The Kier molecular flexibility index (Phi) is 5.75. The molecule has 0 atom stereocenters. The molecule has 0 saturated carbocycles. The van der Waals surface area contributed by atoms with Crippen molar-refractivity contribution in [1.29, 1.82) is 0 Å². The fraction of sp³-hybridized carbons (Fsp3) is 0.263. The lowest BCUT2D eigenvalue weighted by Crippen LogP contribution is -2.47. The van der Waals surface area contributed by atoms with Gasteiger partial charge in [-0.25, -0.2) is 0 Å². The highest BCUT2D eigenvalue weighted by molar-refractivity contribution is 9.10. The monoisotopic (exact) mass is 388 g/mol. The minimum Gasteiger partial charge on any atom is -0.316 e. The minimum atomic E-state index is 0.706. The van der Waals surface area contributed by atoms with Crippen LogP contribution in [0, 0.1) is 17.8 Å². The molecule has 2 nitrogen and oxygen atoms in total. The van der Waals surface area contributed by atoms with E-state index in [1.807, 2.05) is 24.3 Å². The molecule has 1 aliphatic rings. The summed E-state index contributed by atoms with van der Waals surface area (Å²) in [5.41, 5.74) is 3.23. The summed E-state index contributed by atoms with van der Waals surface area (Å²) >= 11 is 9.44. The quantitative estimate of drug-likeness (QED) is 0.777. The van der Waals surface area contributed by atoms with Gasteiger partial charge in [0.05, 0.1) is 0 Å². The minimum absolute atomic E-state index is 0.706. The molecule has 0 radical (unpaired) electrons. The lowest BCUT2D eigenvalue weighted by Gasteiger charge is -2.27. The van der Waals surface area contributed by atoms with Gasteiger partial charge >= 0.3 is 0 Å². The van der Waals surface area contributed by atoms with E-state index in [1.165, 1.54) is 5.56 Å². The van der Waals surface area contributed by atoms with E-state index in [-0.39, 0.29) is 0 Å². The highest BCUT2D eigenvalue weighted by Gasteiger charge is 2.15. The van der Waals surface area contributed by atoms with E-state index >= 15 is 0 Å². The third-order valence-electron chi connectivity index (χ3n) is 3.83. The van der Waals surface area contributed by atoms with Crippen molar-refractivity contribution >= 4 is 27.5 Å². The second-order valence-corrected chi connectivity index (χ2v) is 7.02. The van der Waals surface area contributed by atoms with Crippen molar-refractivity contribution in [3.05, 3.63) is 68.7 Å². The first kappa shape index (κ1) is 16.5. The molecule has 4 heteroatoms. The van der Waals surface area contributed by atoms with E-state index in [1.54, 1.807) is 0 Å². The number of benzene rings is 2. The standard InChI is InChI=1S/C19H18BrClN2/c20-19-9-18(21)7-6-17(19)5-4-14-2-1-3-15(8-14)10-22-11-16-12-23-13-16/h1-3,6-9,16,22-23H,10-13H2. The van der Waals surface area contributed by atoms with Crippen LogP contribution in [-0.2, 0) is 6.54 Å². The summed E-state index contributed by atoms with van der Waals surface area (Å²) in [4.78, 5) is 0. The number of nitrogens with one attached hydrogen (secondary N) is 2. The Hall–Kier alpha value is -1.31. The maximum Gasteiger partial charge on any atom is 0.0418 e. The molecule has 1 fully saturated rings. The van der Waals surface area contributed by atoms with Crippen LogP contribution in [0.3, 0.4) is 0 Å². The normalized spacial score (nSPS) is 14.0. The summed E-state index contributed by atoms with van der Waals surface area (Å²) in [6, 6.07) is 14.0. The van der Waals surface area contributed by atoms with Gasteiger partial charge in [-0.3, -0.25) is 0 Å². The molecule has 118 valence electrons. The molecule has 2 N–H and O–H groups in total. The Morgan fingerprint density at radius 3 is 2.78 bits per heavy atom. The fourth-order valence-electron chi connectivity index (χ4n) is 2.40. The molecule has 0 bridgehead atoms. The Morgan fingerprint density at radius 2 is 2.04 bits per heavy atom. The van der Waals surface area contributed by atoms with Gasteiger partial charge in [0.1, 0.15) is 0 Å². The molecule has 2 aromatic carbocycles. The molecular weight excluding hydrogens is 372 g/mol. The molecule has 0 amide bonds. The zero-order chi connectivity index (χ0) is 16.1. The highest BCUT2D eigenvalue weighted by Crippen LogP contribution is 2.20. The summed E-state index contributed by atoms with van der Waals surface area (Å²) < 4.78 is 0.921. The van der Waals surface area contributed by atoms with Gasteiger partial charge < -0.3 is 10.6 Å². The third-order valence-corrected chi connectivity index (χ3v) is 4.72. The Balaban J connectivity index is 1.64. The van der Waals surface area contributed by atoms with Crippen molar-refractivity contribution in [1.82, 2.24) is 10.6 Å². The molecule has 1 aliphatic heterocycles. The van der Waals surface area contributed by atoms with E-state index in [0.717, 1.165) is 47.7 Å². The first-order valence-electron chi connectivity index (χ1n) is 7.68. The van der Waals surface area contributed by atoms with Gasteiger partial charge in [-0.2, -0.15) is 0 Å². The molecule has 2 aromatic rings. The summed E-state index contributed by atoms with van der Waals surface area (Å²) in [6.07, 6.45) is 0. The maximum atomic E-state index is 5.95. The van der Waals surface area contributed by atoms with Crippen molar-refractivity contribution in [2.45, 2.75) is 6.54 Å². The van der Waals surface area contributed by atoms with Crippen LogP contribution in [0.5, 0.6) is 0 Å². The second kappa shape index (κ2) is 7.99. The number of rotatable bonds is 4. The largest absolute Gasteiger partial charge is 0.316 e. The van der Waals surface area contributed by atoms with Crippen molar-refractivity contribution in [3.8, 4) is 11.8 Å². The van der Waals surface area contributed by atoms with Gasteiger partial charge in [-0.05, 0) is 57.7 Å². The van der Waals surface area contributed by atoms with Gasteiger partial charge in [0, 0.05) is 46.8 Å². The number of hydrogen-bond acceptors (Lipinski definition) is 2. The van der Waals surface area contributed by atoms with E-state index < -0.39 is 0 Å². The number of hydrogen-bond donors (Lipinski definition) is 2. The average Bonchev–Trinajstić information content (AvgIpc) is 2.49. The predicted molar refractivity (Wildman–Crippen MR) is 99.6 cm³/mol. The Bertz CT molecular complexity index is 745. The number of halogens is 2. The molecule has 0 aromatic heterocycles. The van der Waals surface area contributed by atoms with Crippen molar-refractivity contribution in [3.63, 3.8) is 0 Å². The van der Waals surface area contributed by atoms with E-state index in [4.69, 9.17) is 11.6 Å². The van der Waals surface area contributed by atoms with Crippen molar-refractivity contribution in [2.24, 2.45) is 5.92 Å². The van der Waals surface area contributed by atoms with Crippen LogP contribution in [-0.4, -0.2) is 19.6 Å². The smallest absolute Gasteiger partial charge is 0.0418 e. The average molecular weight is 390 g/mol. The van der Waals surface area contributed by atoms with E-state index in [2.05, 4.69) is 56.6 Å². The molecular formula is C19H18BrClN2. The topological polar surface area (TPSA) is 24.1 Å². The second-order valence-electron chi connectivity index (χ2n) is 5.73. The van der Waals surface area contributed by atoms with E-state index in [0.29, 0.717) is 5.02 Å². The van der Waals surface area contributed by atoms with Crippen LogP contribution < -0.4 is 10.6 Å². The van der Waals surface area contributed by atoms with Crippen molar-refractivity contribution < 1.29 is 0 Å². The van der Waals surface area contributed by atoms with Gasteiger partial charge in [0.25, 0.3) is 0 Å². The maximum absolute atomic E-state index is 5.95. The van der Waals surface area contributed by atoms with Crippen LogP contribution in [0.4, 0.5) is 0 Å². The van der Waals surface area contributed by atoms with Crippen LogP contribution in [0.2, 0.25) is 5.02 Å². The van der Waals surface area contributed by atoms with Crippen LogP contribution >= 0.6 is 27.5 Å². The fourth-order valence-corrected chi connectivity index (χ4v) is 3.18. The summed E-state index contributed by atoms with van der Waals surface area (Å²) in [6.45, 7) is 4.22. The van der Waals surface area contributed by atoms with Gasteiger partial charge in [-0.15, -0.1) is 0 Å². The van der Waals surface area contributed by atoms with Crippen LogP contribution in [0.1, 0.15) is 16.7 Å². The van der Waals surface area contributed by atoms with Gasteiger partial charge in [0.15, 0.2) is 0 Å². The Labute approximate surface area is 150 Å². The molecule has 1 saturated heterocycles. The first-order chi connectivity index (χ1) is 11.2. The van der Waals surface area contributed by atoms with Gasteiger partial charge in [0.2, 0.25) is 0 Å². The lowest BCUT2D eigenvalue weighted by atomic mass is 10.0. The Morgan fingerprint density at radius 1 is 1.17 bits per heavy atom. The zero-order valence-electron chi connectivity index (χ0n) is 12.7. The summed E-state index contributed by atoms with van der Waals surface area (Å²) in [5, 5.41) is 7.50.